The van der Waals surface area contributed by atoms with Gasteiger partial charge in [-0.1, -0.05) is 0 Å². The highest BCUT2D eigenvalue weighted by atomic mass is 32.1. The summed E-state index contributed by atoms with van der Waals surface area (Å²) in [5.41, 5.74) is 0.840. The first-order valence-corrected chi connectivity index (χ1v) is 10.5. The van der Waals surface area contributed by atoms with Crippen molar-refractivity contribution in [3.63, 3.8) is 0 Å². The number of thiazole rings is 1. The summed E-state index contributed by atoms with van der Waals surface area (Å²) < 4.78 is 0. The summed E-state index contributed by atoms with van der Waals surface area (Å²) in [6.45, 7) is 8.94. The van der Waals surface area contributed by atoms with E-state index in [0.717, 1.165) is 53.5 Å². The third-order valence-electron chi connectivity index (χ3n) is 5.26. The van der Waals surface area contributed by atoms with Crippen LogP contribution in [0.3, 0.4) is 0 Å². The summed E-state index contributed by atoms with van der Waals surface area (Å²) in [6.07, 6.45) is 5.58. The third-order valence-corrected chi connectivity index (χ3v) is 6.32. The zero-order chi connectivity index (χ0) is 18.8. The zero-order valence-electron chi connectivity index (χ0n) is 16.0. The van der Waals surface area contributed by atoms with Crippen molar-refractivity contribution in [2.45, 2.75) is 33.1 Å². The van der Waals surface area contributed by atoms with Crippen molar-refractivity contribution in [3.05, 3.63) is 27.8 Å². The van der Waals surface area contributed by atoms with E-state index in [1.165, 1.54) is 30.6 Å². The summed E-state index contributed by atoms with van der Waals surface area (Å²) in [6, 6.07) is 1.97. The molecule has 2 aromatic heterocycles. The number of aryl methyl sites for hydroxylation is 2. The van der Waals surface area contributed by atoms with E-state index in [4.69, 9.17) is 4.98 Å². The Morgan fingerprint density at radius 2 is 1.70 bits per heavy atom. The molecule has 0 spiro atoms. The van der Waals surface area contributed by atoms with Gasteiger partial charge in [0, 0.05) is 45.5 Å². The first-order valence-electron chi connectivity index (χ1n) is 9.68. The molecule has 2 aliphatic heterocycles. The van der Waals surface area contributed by atoms with Gasteiger partial charge in [0.15, 0.2) is 0 Å². The van der Waals surface area contributed by atoms with E-state index in [-0.39, 0.29) is 5.91 Å². The molecule has 2 saturated heterocycles. The largest absolute Gasteiger partial charge is 0.353 e. The highest BCUT2D eigenvalue weighted by Crippen LogP contribution is 2.22. The fourth-order valence-corrected chi connectivity index (χ4v) is 4.66. The number of aromatic nitrogens is 3. The molecular formula is C19H26N6OS. The smallest absolute Gasteiger partial charge is 0.265 e. The first-order chi connectivity index (χ1) is 13.1. The van der Waals surface area contributed by atoms with Crippen molar-refractivity contribution in [1.82, 2.24) is 19.9 Å². The van der Waals surface area contributed by atoms with E-state index in [9.17, 15) is 4.79 Å². The molecule has 0 aromatic carbocycles. The quantitative estimate of drug-likeness (QED) is 0.808. The van der Waals surface area contributed by atoms with Crippen LogP contribution in [0.1, 0.15) is 39.6 Å². The number of piperidine rings is 1. The Hall–Kier alpha value is -2.22. The van der Waals surface area contributed by atoms with Gasteiger partial charge in [-0.2, -0.15) is 4.98 Å². The Morgan fingerprint density at radius 3 is 2.37 bits per heavy atom. The van der Waals surface area contributed by atoms with Crippen molar-refractivity contribution in [2.24, 2.45) is 0 Å². The number of hydrogen-bond acceptors (Lipinski definition) is 7. The molecule has 1 amide bonds. The maximum atomic E-state index is 12.8. The van der Waals surface area contributed by atoms with Gasteiger partial charge in [0.2, 0.25) is 5.95 Å². The molecule has 4 rings (SSSR count). The number of hydrogen-bond donors (Lipinski definition) is 0. The standard InChI is InChI=1S/C19H26N6OS/c1-14-17(27-15(2)21-14)18(26)24-12-10-23(11-13-24)16-6-7-20-19(22-16)25-8-4-3-5-9-25/h6-7H,3-5,8-13H2,1-2H3. The SMILES string of the molecule is Cc1nc(C)c(C(=O)N2CCN(c3ccnc(N4CCCCC4)n3)CC2)s1. The lowest BCUT2D eigenvalue weighted by molar-refractivity contribution is 0.0750. The summed E-state index contributed by atoms with van der Waals surface area (Å²) in [7, 11) is 0. The number of rotatable bonds is 3. The fraction of sp³-hybridized carbons (Fsp3) is 0.579. The van der Waals surface area contributed by atoms with Gasteiger partial charge in [-0.15, -0.1) is 11.3 Å². The van der Waals surface area contributed by atoms with E-state index in [0.29, 0.717) is 13.1 Å². The van der Waals surface area contributed by atoms with Gasteiger partial charge in [0.1, 0.15) is 10.7 Å². The molecular weight excluding hydrogens is 360 g/mol. The molecule has 0 aliphatic carbocycles. The van der Waals surface area contributed by atoms with E-state index < -0.39 is 0 Å². The summed E-state index contributed by atoms with van der Waals surface area (Å²) in [4.78, 5) is 33.7. The summed E-state index contributed by atoms with van der Waals surface area (Å²) in [5.74, 6) is 1.90. The lowest BCUT2D eigenvalue weighted by Crippen LogP contribution is -2.49. The Balaban J connectivity index is 1.40. The van der Waals surface area contributed by atoms with Gasteiger partial charge in [-0.25, -0.2) is 9.97 Å². The van der Waals surface area contributed by atoms with Gasteiger partial charge in [0.05, 0.1) is 10.7 Å². The molecule has 4 heterocycles. The number of carbonyl (C=O) groups is 1. The van der Waals surface area contributed by atoms with Crippen molar-refractivity contribution < 1.29 is 4.79 Å². The summed E-state index contributed by atoms with van der Waals surface area (Å²) >= 11 is 1.49. The normalized spacial score (nSPS) is 18.1. The number of carbonyl (C=O) groups excluding carboxylic acids is 1. The lowest BCUT2D eigenvalue weighted by Gasteiger charge is -2.35. The Bertz CT molecular complexity index is 808. The van der Waals surface area contributed by atoms with E-state index in [1.807, 2.05) is 31.0 Å². The van der Waals surface area contributed by atoms with Gasteiger partial charge in [0.25, 0.3) is 5.91 Å². The molecule has 144 valence electrons. The Kier molecular flexibility index (Phi) is 5.24. The Labute approximate surface area is 164 Å². The second-order valence-electron chi connectivity index (χ2n) is 7.19. The van der Waals surface area contributed by atoms with Gasteiger partial charge in [-0.05, 0) is 39.2 Å². The highest BCUT2D eigenvalue weighted by Gasteiger charge is 2.26. The van der Waals surface area contributed by atoms with E-state index >= 15 is 0 Å². The number of nitrogens with zero attached hydrogens (tertiary/aromatic N) is 6. The van der Waals surface area contributed by atoms with Crippen molar-refractivity contribution in [1.29, 1.82) is 0 Å². The average Bonchev–Trinajstić information content (AvgIpc) is 3.06. The van der Waals surface area contributed by atoms with Gasteiger partial charge < -0.3 is 14.7 Å². The monoisotopic (exact) mass is 386 g/mol. The minimum absolute atomic E-state index is 0.106. The predicted molar refractivity (Wildman–Crippen MR) is 108 cm³/mol. The van der Waals surface area contributed by atoms with Gasteiger partial charge >= 0.3 is 0 Å². The molecule has 0 N–H and O–H groups in total. The van der Waals surface area contributed by atoms with E-state index in [2.05, 4.69) is 19.8 Å². The van der Waals surface area contributed by atoms with Crippen LogP contribution in [0, 0.1) is 13.8 Å². The third kappa shape index (κ3) is 3.90. The topological polar surface area (TPSA) is 65.5 Å². The minimum atomic E-state index is 0.106. The zero-order valence-corrected chi connectivity index (χ0v) is 16.8. The number of anilines is 2. The maximum absolute atomic E-state index is 12.8. The molecule has 2 aliphatic rings. The first kappa shape index (κ1) is 18.2. The Morgan fingerprint density at radius 1 is 0.963 bits per heavy atom. The van der Waals surface area contributed by atoms with Crippen molar-refractivity contribution >= 4 is 29.0 Å². The van der Waals surface area contributed by atoms with Crippen LogP contribution in [0.2, 0.25) is 0 Å². The second kappa shape index (κ2) is 7.80. The highest BCUT2D eigenvalue weighted by molar-refractivity contribution is 7.13. The van der Waals surface area contributed by atoms with Crippen LogP contribution in [0.25, 0.3) is 0 Å². The molecule has 8 heteroatoms. The number of piperazine rings is 1. The molecule has 0 atom stereocenters. The number of amides is 1. The van der Waals surface area contributed by atoms with Crippen molar-refractivity contribution in [3.8, 4) is 0 Å². The molecule has 7 nitrogen and oxygen atoms in total. The van der Waals surface area contributed by atoms with E-state index in [1.54, 1.807) is 0 Å². The van der Waals surface area contributed by atoms with Gasteiger partial charge in [-0.3, -0.25) is 4.79 Å². The average molecular weight is 387 g/mol. The van der Waals surface area contributed by atoms with Crippen LogP contribution in [0.15, 0.2) is 12.3 Å². The minimum Gasteiger partial charge on any atom is -0.353 e. The summed E-state index contributed by atoms with van der Waals surface area (Å²) in [5, 5.41) is 0.945. The molecule has 0 bridgehead atoms. The molecule has 2 fully saturated rings. The van der Waals surface area contributed by atoms with Crippen LogP contribution in [0.4, 0.5) is 11.8 Å². The lowest BCUT2D eigenvalue weighted by atomic mass is 10.1. The van der Waals surface area contributed by atoms with Crippen LogP contribution in [-0.2, 0) is 0 Å². The predicted octanol–water partition coefficient (Wildman–Crippen LogP) is 2.50. The van der Waals surface area contributed by atoms with Crippen LogP contribution >= 0.6 is 11.3 Å². The van der Waals surface area contributed by atoms with Crippen LogP contribution in [-0.4, -0.2) is 65.0 Å². The van der Waals surface area contributed by atoms with Crippen LogP contribution < -0.4 is 9.80 Å². The molecule has 0 unspecified atom stereocenters. The fourth-order valence-electron chi connectivity index (χ4n) is 3.77. The maximum Gasteiger partial charge on any atom is 0.265 e. The van der Waals surface area contributed by atoms with Crippen molar-refractivity contribution in [2.75, 3.05) is 49.1 Å². The second-order valence-corrected chi connectivity index (χ2v) is 8.39. The van der Waals surface area contributed by atoms with Crippen LogP contribution in [0.5, 0.6) is 0 Å². The molecule has 27 heavy (non-hydrogen) atoms. The molecule has 2 aromatic rings. The molecule has 0 radical (unpaired) electrons. The molecule has 0 saturated carbocycles.